The van der Waals surface area contributed by atoms with Crippen LogP contribution in [0.3, 0.4) is 0 Å². The van der Waals surface area contributed by atoms with Gasteiger partial charge >= 0.3 is 5.97 Å². The van der Waals surface area contributed by atoms with Crippen LogP contribution >= 0.6 is 11.3 Å². The van der Waals surface area contributed by atoms with Crippen molar-refractivity contribution in [3.63, 3.8) is 0 Å². The van der Waals surface area contributed by atoms with Crippen molar-refractivity contribution in [2.45, 2.75) is 45.1 Å². The fourth-order valence-electron chi connectivity index (χ4n) is 7.27. The number of carbonyl (C=O) groups excluding carboxylic acids is 3. The van der Waals surface area contributed by atoms with Crippen LogP contribution in [0.1, 0.15) is 57.7 Å². The number of esters is 1. The molecule has 0 atom stereocenters. The molecule has 2 amide bonds. The molecule has 0 radical (unpaired) electrons. The van der Waals surface area contributed by atoms with Crippen LogP contribution in [0.25, 0.3) is 0 Å². The van der Waals surface area contributed by atoms with Gasteiger partial charge in [-0.25, -0.2) is 4.79 Å². The number of hydrogen-bond donors (Lipinski definition) is 2. The number of rotatable bonds is 6. The molecule has 33 heavy (non-hydrogen) atoms. The van der Waals surface area contributed by atoms with Gasteiger partial charge in [0.25, 0.3) is 5.91 Å². The summed E-state index contributed by atoms with van der Waals surface area (Å²) >= 11 is 1.03. The van der Waals surface area contributed by atoms with Crippen molar-refractivity contribution in [1.29, 1.82) is 0 Å². The number of methoxy groups -OCH3 is 1. The molecule has 1 aromatic heterocycles. The first-order valence-electron chi connectivity index (χ1n) is 12.1. The normalized spacial score (nSPS) is 31.5. The smallest absolute Gasteiger partial charge is 0.341 e. The van der Waals surface area contributed by atoms with Crippen LogP contribution in [0.5, 0.6) is 0 Å². The quantitative estimate of drug-likeness (QED) is 0.613. The summed E-state index contributed by atoms with van der Waals surface area (Å²) < 4.78 is 4.84. The Labute approximate surface area is 198 Å². The molecule has 2 heterocycles. The summed E-state index contributed by atoms with van der Waals surface area (Å²) in [6, 6.07) is 0.748. The fourth-order valence-corrected chi connectivity index (χ4v) is 8.33. The van der Waals surface area contributed by atoms with E-state index in [0.29, 0.717) is 10.6 Å². The number of primary amides is 1. The molecule has 1 saturated heterocycles. The van der Waals surface area contributed by atoms with Crippen molar-refractivity contribution in [3.8, 4) is 0 Å². The van der Waals surface area contributed by atoms with E-state index in [1.165, 1.54) is 39.2 Å². The molecule has 0 aromatic carbocycles. The van der Waals surface area contributed by atoms with Gasteiger partial charge in [-0.3, -0.25) is 19.4 Å². The summed E-state index contributed by atoms with van der Waals surface area (Å²) in [4.78, 5) is 41.9. The van der Waals surface area contributed by atoms with Crippen LogP contribution in [0.15, 0.2) is 0 Å². The number of piperazine rings is 1. The van der Waals surface area contributed by atoms with E-state index in [2.05, 4.69) is 15.1 Å². The van der Waals surface area contributed by atoms with Gasteiger partial charge in [-0.1, -0.05) is 0 Å². The Morgan fingerprint density at radius 3 is 2.18 bits per heavy atom. The Hall–Kier alpha value is -1.97. The zero-order chi connectivity index (χ0) is 23.3. The molecule has 3 N–H and O–H groups in total. The van der Waals surface area contributed by atoms with Crippen LogP contribution < -0.4 is 11.1 Å². The summed E-state index contributed by atoms with van der Waals surface area (Å²) in [7, 11) is 1.28. The van der Waals surface area contributed by atoms with Crippen LogP contribution in [-0.4, -0.2) is 73.5 Å². The number of thiophene rings is 1. The molecular weight excluding hydrogens is 440 g/mol. The number of nitrogens with one attached hydrogen (secondary N) is 1. The Balaban J connectivity index is 1.17. The minimum absolute atomic E-state index is 0.194. The summed E-state index contributed by atoms with van der Waals surface area (Å²) in [5, 5.41) is 3.15. The molecule has 5 fully saturated rings. The SMILES string of the molecule is COC(=O)c1c(NC(=O)CN2CCN(C3C4CC5CC(C4)CC3C5)CC2)sc(C(N)=O)c1C. The molecule has 4 bridgehead atoms. The van der Waals surface area contributed by atoms with Crippen LogP contribution in [0.2, 0.25) is 0 Å². The molecule has 0 unspecified atom stereocenters. The highest BCUT2D eigenvalue weighted by Gasteiger charge is 2.50. The van der Waals surface area contributed by atoms with Gasteiger partial charge < -0.3 is 15.8 Å². The predicted molar refractivity (Wildman–Crippen MR) is 126 cm³/mol. The summed E-state index contributed by atoms with van der Waals surface area (Å²) in [6.07, 6.45) is 7.18. The van der Waals surface area contributed by atoms with E-state index in [4.69, 9.17) is 10.5 Å². The zero-order valence-electron chi connectivity index (χ0n) is 19.5. The molecule has 1 aliphatic heterocycles. The molecule has 9 heteroatoms. The van der Waals surface area contributed by atoms with Crippen LogP contribution in [0.4, 0.5) is 5.00 Å². The Bertz CT molecular complexity index is 925. The Kier molecular flexibility index (Phi) is 6.22. The topological polar surface area (TPSA) is 105 Å². The average Bonchev–Trinajstić information content (AvgIpc) is 3.09. The van der Waals surface area contributed by atoms with E-state index >= 15 is 0 Å². The molecule has 8 nitrogen and oxygen atoms in total. The van der Waals surface area contributed by atoms with Crippen molar-refractivity contribution in [3.05, 3.63) is 16.0 Å². The average molecular weight is 475 g/mol. The number of nitrogens with zero attached hydrogens (tertiary/aromatic N) is 2. The second-order valence-electron chi connectivity index (χ2n) is 10.4. The lowest BCUT2D eigenvalue weighted by atomic mass is 9.54. The largest absolute Gasteiger partial charge is 0.465 e. The van der Waals surface area contributed by atoms with E-state index in [9.17, 15) is 14.4 Å². The first-order valence-corrected chi connectivity index (χ1v) is 12.9. The van der Waals surface area contributed by atoms with Crippen molar-refractivity contribution >= 4 is 34.1 Å². The molecule has 4 aliphatic carbocycles. The molecule has 6 rings (SSSR count). The number of anilines is 1. The maximum atomic E-state index is 12.8. The minimum Gasteiger partial charge on any atom is -0.465 e. The molecule has 180 valence electrons. The van der Waals surface area contributed by atoms with Crippen LogP contribution in [0, 0.1) is 30.6 Å². The van der Waals surface area contributed by atoms with Gasteiger partial charge in [-0.05, 0) is 68.3 Å². The predicted octanol–water partition coefficient (Wildman–Crippen LogP) is 2.32. The van der Waals surface area contributed by atoms with Gasteiger partial charge in [0.15, 0.2) is 0 Å². The molecular formula is C24H34N4O4S. The number of ether oxygens (including phenoxy) is 1. The van der Waals surface area contributed by atoms with Gasteiger partial charge in [0.1, 0.15) is 5.00 Å². The van der Waals surface area contributed by atoms with Crippen molar-refractivity contribution in [1.82, 2.24) is 9.80 Å². The zero-order valence-corrected chi connectivity index (χ0v) is 20.3. The third-order valence-electron chi connectivity index (χ3n) is 8.39. The van der Waals surface area contributed by atoms with Gasteiger partial charge in [-0.2, -0.15) is 0 Å². The van der Waals surface area contributed by atoms with E-state index in [1.807, 2.05) is 0 Å². The second-order valence-corrected chi connectivity index (χ2v) is 11.4. The standard InChI is InChI=1S/C24H34N4O4S/c1-13-19(24(31)32-2)23(33-21(13)22(25)30)26-18(29)12-27-3-5-28(6-4-27)20-16-8-14-7-15(10-16)11-17(20)9-14/h14-17,20H,3-12H2,1-2H3,(H2,25,30)(H,26,29). The third kappa shape index (κ3) is 4.31. The summed E-state index contributed by atoms with van der Waals surface area (Å²) in [5.74, 6) is 2.34. The lowest BCUT2D eigenvalue weighted by molar-refractivity contribution is -0.118. The number of amides is 2. The van der Waals surface area contributed by atoms with Gasteiger partial charge in [-0.15, -0.1) is 11.3 Å². The summed E-state index contributed by atoms with van der Waals surface area (Å²) in [6.45, 7) is 5.67. The summed E-state index contributed by atoms with van der Waals surface area (Å²) in [5.41, 5.74) is 6.08. The highest BCUT2D eigenvalue weighted by atomic mass is 32.1. The van der Waals surface area contributed by atoms with Gasteiger partial charge in [0, 0.05) is 32.2 Å². The maximum Gasteiger partial charge on any atom is 0.341 e. The van der Waals surface area contributed by atoms with Gasteiger partial charge in [0.05, 0.1) is 24.1 Å². The van der Waals surface area contributed by atoms with Gasteiger partial charge in [0.2, 0.25) is 5.91 Å². The lowest BCUT2D eigenvalue weighted by Crippen LogP contribution is -2.60. The van der Waals surface area contributed by atoms with Crippen LogP contribution in [-0.2, 0) is 9.53 Å². The minimum atomic E-state index is -0.621. The van der Waals surface area contributed by atoms with E-state index < -0.39 is 11.9 Å². The Morgan fingerprint density at radius 1 is 1.03 bits per heavy atom. The van der Waals surface area contributed by atoms with Crippen molar-refractivity contribution in [2.24, 2.45) is 29.4 Å². The maximum absolute atomic E-state index is 12.8. The number of carbonyl (C=O) groups is 3. The highest BCUT2D eigenvalue weighted by Crippen LogP contribution is 2.55. The first kappa shape index (κ1) is 22.8. The number of hydrogen-bond acceptors (Lipinski definition) is 7. The lowest BCUT2D eigenvalue weighted by Gasteiger charge is -2.58. The van der Waals surface area contributed by atoms with Crippen molar-refractivity contribution < 1.29 is 19.1 Å². The molecule has 4 saturated carbocycles. The van der Waals surface area contributed by atoms with E-state index in [1.54, 1.807) is 6.92 Å². The molecule has 0 spiro atoms. The van der Waals surface area contributed by atoms with E-state index in [0.717, 1.165) is 67.2 Å². The fraction of sp³-hybridized carbons (Fsp3) is 0.708. The number of nitrogens with two attached hydrogens (primary N) is 1. The third-order valence-corrected chi connectivity index (χ3v) is 9.61. The molecule has 1 aromatic rings. The molecule has 5 aliphatic rings. The van der Waals surface area contributed by atoms with E-state index in [-0.39, 0.29) is 22.9 Å². The second kappa shape index (κ2) is 9.00. The first-order chi connectivity index (χ1) is 15.8. The highest BCUT2D eigenvalue weighted by molar-refractivity contribution is 7.18. The Morgan fingerprint density at radius 2 is 1.64 bits per heavy atom. The monoisotopic (exact) mass is 474 g/mol. The van der Waals surface area contributed by atoms with Crippen molar-refractivity contribution in [2.75, 3.05) is 45.2 Å².